The van der Waals surface area contributed by atoms with Crippen molar-refractivity contribution in [3.8, 4) is 17.7 Å². The Morgan fingerprint density at radius 2 is 2.08 bits per heavy atom. The molecule has 1 aromatic carbocycles. The zero-order chi connectivity index (χ0) is 18.4. The van der Waals surface area contributed by atoms with Gasteiger partial charge < -0.3 is 19.7 Å². The van der Waals surface area contributed by atoms with Crippen LogP contribution in [0.2, 0.25) is 0 Å². The minimum Gasteiger partial charge on any atom is -0.497 e. The second-order valence-electron chi connectivity index (χ2n) is 5.97. The molecule has 1 aliphatic heterocycles. The normalized spacial score (nSPS) is 13.5. The van der Waals surface area contributed by atoms with Gasteiger partial charge in [-0.15, -0.1) is 0 Å². The van der Waals surface area contributed by atoms with Gasteiger partial charge in [0.2, 0.25) is 5.88 Å². The Morgan fingerprint density at radius 3 is 2.69 bits per heavy atom. The Balaban J connectivity index is 1.35. The van der Waals surface area contributed by atoms with Crippen molar-refractivity contribution in [3.05, 3.63) is 53.7 Å². The zero-order valence-electron chi connectivity index (χ0n) is 14.5. The van der Waals surface area contributed by atoms with Gasteiger partial charge in [-0.25, -0.2) is 9.78 Å². The number of hydrogen-bond donors (Lipinski definition) is 1. The molecule has 1 fully saturated rings. The van der Waals surface area contributed by atoms with E-state index in [1.54, 1.807) is 24.1 Å². The zero-order valence-corrected chi connectivity index (χ0v) is 14.5. The molecule has 1 N–H and O–H groups in total. The fourth-order valence-electron chi connectivity index (χ4n) is 2.58. The lowest BCUT2D eigenvalue weighted by atomic mass is 10.1. The number of benzene rings is 1. The van der Waals surface area contributed by atoms with Crippen LogP contribution in [-0.4, -0.2) is 48.8 Å². The number of urea groups is 1. The molecule has 0 aliphatic carbocycles. The molecule has 134 valence electrons. The first kappa shape index (κ1) is 17.5. The largest absolute Gasteiger partial charge is 0.497 e. The van der Waals surface area contributed by atoms with Crippen LogP contribution in [0.5, 0.6) is 11.6 Å². The first-order valence-corrected chi connectivity index (χ1v) is 8.36. The number of amides is 2. The number of hydrogen-bond acceptors (Lipinski definition) is 5. The quantitative estimate of drug-likeness (QED) is 0.859. The summed E-state index contributed by atoms with van der Waals surface area (Å²) < 4.78 is 10.8. The SMILES string of the molecule is COc1ccc(CCNC(=O)N2CC(Oc3ccc(C#N)cn3)C2)cc1. The lowest BCUT2D eigenvalue weighted by molar-refractivity contribution is 0.0415. The van der Waals surface area contributed by atoms with Crippen LogP contribution in [0.25, 0.3) is 0 Å². The highest BCUT2D eigenvalue weighted by Crippen LogP contribution is 2.16. The van der Waals surface area contributed by atoms with E-state index < -0.39 is 0 Å². The predicted molar refractivity (Wildman–Crippen MR) is 95.0 cm³/mol. The van der Waals surface area contributed by atoms with Crippen LogP contribution in [0.3, 0.4) is 0 Å². The van der Waals surface area contributed by atoms with Crippen molar-refractivity contribution in [3.63, 3.8) is 0 Å². The summed E-state index contributed by atoms with van der Waals surface area (Å²) in [5, 5.41) is 11.7. The summed E-state index contributed by atoms with van der Waals surface area (Å²) in [7, 11) is 1.64. The molecule has 26 heavy (non-hydrogen) atoms. The van der Waals surface area contributed by atoms with E-state index in [4.69, 9.17) is 14.7 Å². The van der Waals surface area contributed by atoms with Gasteiger partial charge in [0.15, 0.2) is 0 Å². The third kappa shape index (κ3) is 4.42. The predicted octanol–water partition coefficient (Wildman–Crippen LogP) is 1.98. The number of nitriles is 1. The molecule has 2 amide bonds. The minimum absolute atomic E-state index is 0.0669. The van der Waals surface area contributed by atoms with E-state index in [1.165, 1.54) is 6.20 Å². The Hall–Kier alpha value is -3.27. The summed E-state index contributed by atoms with van der Waals surface area (Å²) in [6.45, 7) is 1.62. The molecular weight excluding hydrogens is 332 g/mol. The first-order chi connectivity index (χ1) is 12.7. The summed E-state index contributed by atoms with van der Waals surface area (Å²) in [4.78, 5) is 17.8. The smallest absolute Gasteiger partial charge is 0.317 e. The molecule has 0 spiro atoms. The van der Waals surface area contributed by atoms with Gasteiger partial charge in [-0.2, -0.15) is 5.26 Å². The van der Waals surface area contributed by atoms with Crippen molar-refractivity contribution in [2.24, 2.45) is 0 Å². The van der Waals surface area contributed by atoms with Crippen LogP contribution >= 0.6 is 0 Å². The number of methoxy groups -OCH3 is 1. The second kappa shape index (κ2) is 8.21. The maximum Gasteiger partial charge on any atom is 0.317 e. The molecule has 7 heteroatoms. The molecule has 0 saturated carbocycles. The van der Waals surface area contributed by atoms with E-state index in [-0.39, 0.29) is 12.1 Å². The Morgan fingerprint density at radius 1 is 1.31 bits per heavy atom. The van der Waals surface area contributed by atoms with E-state index in [1.807, 2.05) is 30.3 Å². The van der Waals surface area contributed by atoms with Crippen molar-refractivity contribution >= 4 is 6.03 Å². The Kier molecular flexibility index (Phi) is 5.54. The monoisotopic (exact) mass is 352 g/mol. The molecule has 0 bridgehead atoms. The molecule has 7 nitrogen and oxygen atoms in total. The summed E-state index contributed by atoms with van der Waals surface area (Å²) >= 11 is 0. The number of carbonyl (C=O) groups excluding carboxylic acids is 1. The number of aromatic nitrogens is 1. The van der Waals surface area contributed by atoms with Gasteiger partial charge in [0.05, 0.1) is 25.8 Å². The van der Waals surface area contributed by atoms with E-state index in [0.29, 0.717) is 31.1 Å². The molecule has 1 aromatic heterocycles. The molecule has 0 atom stereocenters. The molecule has 0 unspecified atom stereocenters. The third-order valence-electron chi connectivity index (χ3n) is 4.14. The Labute approximate surface area is 152 Å². The second-order valence-corrected chi connectivity index (χ2v) is 5.97. The highest BCUT2D eigenvalue weighted by atomic mass is 16.5. The molecule has 3 rings (SSSR count). The molecular formula is C19H20N4O3. The average molecular weight is 352 g/mol. The fourth-order valence-corrected chi connectivity index (χ4v) is 2.58. The third-order valence-corrected chi connectivity index (χ3v) is 4.14. The van der Waals surface area contributed by atoms with E-state index in [9.17, 15) is 4.79 Å². The maximum atomic E-state index is 12.1. The van der Waals surface area contributed by atoms with Crippen molar-refractivity contribution in [2.45, 2.75) is 12.5 Å². The van der Waals surface area contributed by atoms with Crippen LogP contribution in [0, 0.1) is 11.3 Å². The summed E-state index contributed by atoms with van der Waals surface area (Å²) in [5.74, 6) is 1.29. The van der Waals surface area contributed by atoms with Gasteiger partial charge in [0.25, 0.3) is 0 Å². The van der Waals surface area contributed by atoms with Crippen LogP contribution in [-0.2, 0) is 6.42 Å². The minimum atomic E-state index is -0.0915. The highest BCUT2D eigenvalue weighted by molar-refractivity contribution is 5.75. The number of pyridine rings is 1. The number of nitrogens with one attached hydrogen (secondary N) is 1. The van der Waals surface area contributed by atoms with E-state index >= 15 is 0 Å². The van der Waals surface area contributed by atoms with Crippen molar-refractivity contribution in [2.75, 3.05) is 26.7 Å². The standard InChI is InChI=1S/C19H20N4O3/c1-25-16-5-2-14(3-6-16)8-9-21-19(24)23-12-17(13-23)26-18-7-4-15(10-20)11-22-18/h2-7,11,17H,8-9,12-13H2,1H3,(H,21,24). The number of rotatable bonds is 6. The lowest BCUT2D eigenvalue weighted by Crippen LogP contribution is -2.59. The maximum absolute atomic E-state index is 12.1. The highest BCUT2D eigenvalue weighted by Gasteiger charge is 2.32. The Bertz CT molecular complexity index is 778. The van der Waals surface area contributed by atoms with E-state index in [0.717, 1.165) is 17.7 Å². The van der Waals surface area contributed by atoms with Gasteiger partial charge in [-0.3, -0.25) is 0 Å². The van der Waals surface area contributed by atoms with Crippen LogP contribution in [0.15, 0.2) is 42.6 Å². The van der Waals surface area contributed by atoms with Gasteiger partial charge in [0.1, 0.15) is 17.9 Å². The number of carbonyl (C=O) groups is 1. The van der Waals surface area contributed by atoms with Crippen molar-refractivity contribution < 1.29 is 14.3 Å². The molecule has 0 radical (unpaired) electrons. The van der Waals surface area contributed by atoms with Crippen molar-refractivity contribution in [1.82, 2.24) is 15.2 Å². The number of likely N-dealkylation sites (tertiary alicyclic amines) is 1. The van der Waals surface area contributed by atoms with Crippen LogP contribution < -0.4 is 14.8 Å². The molecule has 2 aromatic rings. The van der Waals surface area contributed by atoms with Crippen molar-refractivity contribution in [1.29, 1.82) is 5.26 Å². The fraction of sp³-hybridized carbons (Fsp3) is 0.316. The average Bonchev–Trinajstić information content (AvgIpc) is 2.65. The van der Waals surface area contributed by atoms with Gasteiger partial charge >= 0.3 is 6.03 Å². The summed E-state index contributed by atoms with van der Waals surface area (Å²) in [6, 6.07) is 13.0. The summed E-state index contributed by atoms with van der Waals surface area (Å²) in [5.41, 5.74) is 1.63. The van der Waals surface area contributed by atoms with Gasteiger partial charge in [0, 0.05) is 18.8 Å². The van der Waals surface area contributed by atoms with Gasteiger partial charge in [-0.05, 0) is 30.2 Å². The number of nitrogens with zero attached hydrogens (tertiary/aromatic N) is 3. The topological polar surface area (TPSA) is 87.5 Å². The first-order valence-electron chi connectivity index (χ1n) is 8.36. The summed E-state index contributed by atoms with van der Waals surface area (Å²) in [6.07, 6.45) is 2.17. The van der Waals surface area contributed by atoms with Crippen LogP contribution in [0.1, 0.15) is 11.1 Å². The lowest BCUT2D eigenvalue weighted by Gasteiger charge is -2.38. The van der Waals surface area contributed by atoms with Crippen LogP contribution in [0.4, 0.5) is 4.79 Å². The number of ether oxygens (including phenoxy) is 2. The molecule has 1 saturated heterocycles. The van der Waals surface area contributed by atoms with Gasteiger partial charge in [-0.1, -0.05) is 12.1 Å². The van der Waals surface area contributed by atoms with E-state index in [2.05, 4.69) is 10.3 Å². The molecule has 2 heterocycles. The molecule has 1 aliphatic rings.